The van der Waals surface area contributed by atoms with E-state index in [2.05, 4.69) is 11.4 Å². The van der Waals surface area contributed by atoms with Crippen LogP contribution in [0.1, 0.15) is 89.3 Å². The maximum atomic E-state index is 14.3. The number of amides is 1. The lowest BCUT2D eigenvalue weighted by Crippen LogP contribution is -2.52. The highest BCUT2D eigenvalue weighted by Gasteiger charge is 2.45. The number of benzene rings is 2. The van der Waals surface area contributed by atoms with Gasteiger partial charge in [0.1, 0.15) is 18.3 Å². The first-order chi connectivity index (χ1) is 31.9. The molecule has 1 saturated heterocycles. The number of nitrogens with zero attached hydrogens (tertiary/aromatic N) is 3. The summed E-state index contributed by atoms with van der Waals surface area (Å²) < 4.78 is 138. The van der Waals surface area contributed by atoms with Crippen molar-refractivity contribution in [1.82, 2.24) is 10.2 Å². The fourth-order valence-electron chi connectivity index (χ4n) is 9.83. The molecular formula is C46H61N4O15S4+. The van der Waals surface area contributed by atoms with Crippen molar-refractivity contribution in [1.29, 1.82) is 0 Å². The van der Waals surface area contributed by atoms with Crippen LogP contribution in [-0.4, -0.2) is 134 Å². The molecule has 6 N–H and O–H groups in total. The van der Waals surface area contributed by atoms with Crippen molar-refractivity contribution in [3.05, 3.63) is 99.9 Å². The van der Waals surface area contributed by atoms with Gasteiger partial charge in [-0.15, -0.1) is 0 Å². The van der Waals surface area contributed by atoms with Gasteiger partial charge in [-0.2, -0.15) is 38.2 Å². The number of aliphatic carboxylic acids is 1. The molecule has 0 aromatic heterocycles. The molecule has 1 fully saturated rings. The van der Waals surface area contributed by atoms with Crippen molar-refractivity contribution in [2.24, 2.45) is 5.92 Å². The molecule has 2 aromatic rings. The molecule has 69 heavy (non-hydrogen) atoms. The summed E-state index contributed by atoms with van der Waals surface area (Å²) in [6.45, 7) is 9.99. The molecule has 1 unspecified atom stereocenters. The Kier molecular flexibility index (Phi) is 15.7. The van der Waals surface area contributed by atoms with Crippen molar-refractivity contribution >= 4 is 69.4 Å². The Labute approximate surface area is 404 Å². The number of allylic oxidation sites excluding steroid dienone is 7. The van der Waals surface area contributed by atoms with E-state index in [-0.39, 0.29) is 56.8 Å². The Balaban J connectivity index is 1.52. The first kappa shape index (κ1) is 53.6. The number of rotatable bonds is 18. The van der Waals surface area contributed by atoms with Crippen LogP contribution >= 0.6 is 0 Å². The third-order valence-corrected chi connectivity index (χ3v) is 16.6. The van der Waals surface area contributed by atoms with Crippen LogP contribution in [0.5, 0.6) is 0 Å². The van der Waals surface area contributed by atoms with Crippen LogP contribution in [0.15, 0.2) is 88.1 Å². The van der Waals surface area contributed by atoms with E-state index in [0.717, 1.165) is 22.5 Å². The van der Waals surface area contributed by atoms with Crippen molar-refractivity contribution in [3.8, 4) is 0 Å². The van der Waals surface area contributed by atoms with Gasteiger partial charge in [0, 0.05) is 66.3 Å². The van der Waals surface area contributed by atoms with Gasteiger partial charge >= 0.3 is 5.97 Å². The van der Waals surface area contributed by atoms with E-state index in [4.69, 9.17) is 0 Å². The van der Waals surface area contributed by atoms with E-state index < -0.39 is 92.4 Å². The number of hydrogen-bond donors (Lipinski definition) is 6. The maximum Gasteiger partial charge on any atom is 0.306 e. The number of fused-ring (bicyclic) bond motifs is 2. The molecule has 0 radical (unpaired) electrons. The standard InChI is InChI=1S/C46H60N4O15S4/c1-30-11-15-38-35(27-30)45(2,3)40(49(38)21-7-25-66(54,55)56)17-12-31-9-6-10-32(42(31)47-37(29-68(60,61)62)43(51)48-23-19-33(20-24-48)44(52)53)13-18-41-46(4,5)36-28-34(69(63,64)65)14-16-39(36)50(41)22-8-26-67(57,58)59/h11-18,27-28,33,37H,6-10,19-26,29H2,1-5H3,(H5,52,53,54,55,56,57,58,59,60,61,62,63,64,65)/p+1/b31-12+,40-17-. The van der Waals surface area contributed by atoms with Gasteiger partial charge in [-0.25, -0.2) is 0 Å². The highest BCUT2D eigenvalue weighted by atomic mass is 32.2. The third kappa shape index (κ3) is 12.8. The first-order valence-electron chi connectivity index (χ1n) is 22.5. The van der Waals surface area contributed by atoms with E-state index in [1.165, 1.54) is 23.1 Å². The molecule has 4 aliphatic rings. The quantitative estimate of drug-likeness (QED) is 0.0851. The Morgan fingerprint density at radius 2 is 1.46 bits per heavy atom. The monoisotopic (exact) mass is 1040 g/mol. The molecule has 1 aliphatic carbocycles. The maximum absolute atomic E-state index is 14.3. The minimum atomic E-state index is -4.81. The molecule has 1 amide bonds. The number of likely N-dealkylation sites (tertiary alicyclic amines) is 1. The molecule has 2 aromatic carbocycles. The summed E-state index contributed by atoms with van der Waals surface area (Å²) in [4.78, 5) is 29.1. The lowest BCUT2D eigenvalue weighted by atomic mass is 9.81. The average Bonchev–Trinajstić information content (AvgIpc) is 3.57. The van der Waals surface area contributed by atoms with Crippen molar-refractivity contribution in [3.63, 3.8) is 0 Å². The van der Waals surface area contributed by atoms with Gasteiger partial charge in [-0.1, -0.05) is 43.7 Å². The highest BCUT2D eigenvalue weighted by molar-refractivity contribution is 7.86. The third-order valence-electron chi connectivity index (χ3n) is 13.3. The summed E-state index contributed by atoms with van der Waals surface area (Å²) >= 11 is 0. The normalized spacial score (nSPS) is 20.5. The summed E-state index contributed by atoms with van der Waals surface area (Å²) in [5, 5.41) is 12.8. The summed E-state index contributed by atoms with van der Waals surface area (Å²) in [6, 6.07) is 8.46. The van der Waals surface area contributed by atoms with Gasteiger partial charge in [0.05, 0.1) is 27.7 Å². The number of carboxylic acid groups (broad SMARTS) is 1. The van der Waals surface area contributed by atoms with Gasteiger partial charge in [0.25, 0.3) is 40.5 Å². The largest absolute Gasteiger partial charge is 0.481 e. The molecule has 19 nitrogen and oxygen atoms in total. The minimum absolute atomic E-state index is 0.0292. The summed E-state index contributed by atoms with van der Waals surface area (Å²) in [6.07, 6.45) is 8.96. The molecule has 3 aliphatic heterocycles. The van der Waals surface area contributed by atoms with Crippen LogP contribution < -0.4 is 10.2 Å². The smallest absolute Gasteiger partial charge is 0.306 e. The van der Waals surface area contributed by atoms with Gasteiger partial charge in [-0.05, 0) is 100 Å². The van der Waals surface area contributed by atoms with Crippen LogP contribution in [0, 0.1) is 12.8 Å². The molecule has 3 heterocycles. The number of aryl methyl sites for hydroxylation is 1. The van der Waals surface area contributed by atoms with E-state index in [9.17, 15) is 66.6 Å². The summed E-state index contributed by atoms with van der Waals surface area (Å²) in [5.74, 6) is -4.45. The molecule has 23 heteroatoms. The second-order valence-electron chi connectivity index (χ2n) is 19.1. The van der Waals surface area contributed by atoms with Crippen LogP contribution in [0.4, 0.5) is 11.4 Å². The number of carbonyl (C=O) groups excluding carboxylic acids is 1. The van der Waals surface area contributed by atoms with Crippen LogP contribution in [0.25, 0.3) is 0 Å². The Morgan fingerprint density at radius 1 is 0.812 bits per heavy atom. The highest BCUT2D eigenvalue weighted by Crippen LogP contribution is 2.48. The fraction of sp³-hybridized carbons (Fsp3) is 0.500. The predicted octanol–water partition coefficient (Wildman–Crippen LogP) is 4.95. The van der Waals surface area contributed by atoms with Crippen LogP contribution in [0.3, 0.4) is 0 Å². The summed E-state index contributed by atoms with van der Waals surface area (Å²) in [5.41, 5.74) is 5.19. The fourth-order valence-corrected chi connectivity index (χ4v) is 12.0. The molecule has 0 bridgehead atoms. The molecule has 6 rings (SSSR count). The second-order valence-corrected chi connectivity index (χ2v) is 25.2. The zero-order chi connectivity index (χ0) is 51.1. The summed E-state index contributed by atoms with van der Waals surface area (Å²) in [7, 11) is -18.0. The number of hydrogen-bond acceptors (Lipinski definition) is 12. The topological polar surface area (TPSA) is 293 Å². The number of nitrogens with one attached hydrogen (secondary N) is 1. The van der Waals surface area contributed by atoms with Crippen molar-refractivity contribution in [2.75, 3.05) is 48.3 Å². The van der Waals surface area contributed by atoms with Gasteiger partial charge in [0.2, 0.25) is 11.6 Å². The van der Waals surface area contributed by atoms with Crippen LogP contribution in [0.2, 0.25) is 0 Å². The Hall–Kier alpha value is -4.75. The van der Waals surface area contributed by atoms with Crippen molar-refractivity contribution < 1.29 is 71.2 Å². The zero-order valence-corrected chi connectivity index (χ0v) is 42.4. The second kappa shape index (κ2) is 20.2. The van der Waals surface area contributed by atoms with Crippen LogP contribution in [-0.2, 0) is 60.9 Å². The lowest BCUT2D eigenvalue weighted by molar-refractivity contribution is -0.437. The van der Waals surface area contributed by atoms with E-state index in [1.54, 1.807) is 16.7 Å². The zero-order valence-electron chi connectivity index (χ0n) is 39.1. The van der Waals surface area contributed by atoms with E-state index in [1.807, 2.05) is 63.8 Å². The molecule has 1 atom stereocenters. The molecule has 0 saturated carbocycles. The first-order valence-corrected chi connectivity index (χ1v) is 28.8. The molecule has 0 spiro atoms. The number of carbonyl (C=O) groups is 2. The van der Waals surface area contributed by atoms with E-state index in [0.29, 0.717) is 53.1 Å². The molecule has 378 valence electrons. The van der Waals surface area contributed by atoms with Gasteiger partial charge < -0.3 is 20.2 Å². The number of carboxylic acids is 1. The SMILES string of the molecule is Cc1ccc2c(c1)C(C)(C)/C(=C/C=C1\CCCC(/C=C/C3=[N+](CCCS(=O)(=O)O)c4ccc(S(=O)(=O)O)cc4C3(C)C)=C1NC(CS(=O)(=O)O)C(=O)N1CCC(C(=O)O)CC1)N2CCCS(=O)(=O)O. The average molecular weight is 1040 g/mol. The lowest BCUT2D eigenvalue weighted by Gasteiger charge is -2.34. The van der Waals surface area contributed by atoms with E-state index >= 15 is 0 Å². The number of anilines is 1. The van der Waals surface area contributed by atoms with Crippen molar-refractivity contribution in [2.45, 2.75) is 101 Å². The Morgan fingerprint density at radius 3 is 2.07 bits per heavy atom. The predicted molar refractivity (Wildman–Crippen MR) is 259 cm³/mol. The van der Waals surface area contributed by atoms with Gasteiger partial charge in [-0.3, -0.25) is 27.8 Å². The minimum Gasteiger partial charge on any atom is -0.481 e. The van der Waals surface area contributed by atoms with Gasteiger partial charge in [0.15, 0.2) is 5.71 Å². The molecular weight excluding hydrogens is 977 g/mol. The Bertz CT molecular complexity index is 3020. The number of piperidine rings is 1.